The van der Waals surface area contributed by atoms with Gasteiger partial charge in [-0.05, 0) is 19.0 Å². The number of aromatic nitrogens is 3. The molecule has 0 fully saturated rings. The van der Waals surface area contributed by atoms with Gasteiger partial charge in [-0.2, -0.15) is 0 Å². The zero-order chi connectivity index (χ0) is 13.8. The predicted octanol–water partition coefficient (Wildman–Crippen LogP) is 2.14. The number of aryl methyl sites for hydroxylation is 1. The maximum atomic E-state index is 6.02. The number of anilines is 1. The summed E-state index contributed by atoms with van der Waals surface area (Å²) in [6.45, 7) is 2.98. The lowest BCUT2D eigenvalue weighted by Crippen LogP contribution is -2.26. The van der Waals surface area contributed by atoms with Crippen LogP contribution in [0.2, 0.25) is 5.02 Å². The van der Waals surface area contributed by atoms with Crippen molar-refractivity contribution in [2.45, 2.75) is 19.4 Å². The second kappa shape index (κ2) is 6.04. The number of pyridine rings is 1. The molecule has 6 heteroatoms. The Balaban J connectivity index is 2.42. The fraction of sp³-hybridized carbons (Fsp3) is 0.385. The number of nitrogens with zero attached hydrogens (tertiary/aromatic N) is 3. The molecule has 19 heavy (non-hydrogen) atoms. The summed E-state index contributed by atoms with van der Waals surface area (Å²) in [5.74, 6) is 1.37. The minimum Gasteiger partial charge on any atom is -0.383 e. The molecule has 0 radical (unpaired) electrons. The molecule has 0 saturated heterocycles. The highest BCUT2D eigenvalue weighted by atomic mass is 35.5. The molecule has 0 bridgehead atoms. The van der Waals surface area contributed by atoms with E-state index in [0.29, 0.717) is 10.8 Å². The number of nitrogens with one attached hydrogen (secondary N) is 1. The van der Waals surface area contributed by atoms with Gasteiger partial charge in [0.25, 0.3) is 0 Å². The molecule has 5 nitrogen and oxygen atoms in total. The van der Waals surface area contributed by atoms with Crippen LogP contribution in [0.25, 0.3) is 0 Å². The first-order valence-electron chi connectivity index (χ1n) is 6.25. The van der Waals surface area contributed by atoms with E-state index in [1.807, 2.05) is 23.9 Å². The molecule has 2 aromatic heterocycles. The fourth-order valence-corrected chi connectivity index (χ4v) is 2.15. The average molecular weight is 280 g/mol. The van der Waals surface area contributed by atoms with E-state index >= 15 is 0 Å². The zero-order valence-corrected chi connectivity index (χ0v) is 11.9. The molecule has 0 spiro atoms. The fourth-order valence-electron chi connectivity index (χ4n) is 1.98. The van der Waals surface area contributed by atoms with Crippen molar-refractivity contribution >= 4 is 17.4 Å². The third-order valence-corrected chi connectivity index (χ3v) is 3.15. The summed E-state index contributed by atoms with van der Waals surface area (Å²) >= 11 is 6.02. The van der Waals surface area contributed by atoms with Crippen molar-refractivity contribution in [2.75, 3.05) is 12.3 Å². The number of imidazole rings is 1. The van der Waals surface area contributed by atoms with Crippen LogP contribution in [-0.4, -0.2) is 21.1 Å². The van der Waals surface area contributed by atoms with Crippen LogP contribution >= 0.6 is 11.6 Å². The normalized spacial score (nSPS) is 12.6. The SMILES string of the molecule is CCCNC(c1cc(Cl)cnc1N)c1nccn1C. The number of nitrogen functional groups attached to an aromatic ring is 1. The van der Waals surface area contributed by atoms with Gasteiger partial charge in [-0.3, -0.25) is 0 Å². The molecule has 0 aliphatic rings. The van der Waals surface area contributed by atoms with Gasteiger partial charge in [0.15, 0.2) is 0 Å². The highest BCUT2D eigenvalue weighted by molar-refractivity contribution is 6.30. The van der Waals surface area contributed by atoms with Gasteiger partial charge in [-0.1, -0.05) is 18.5 Å². The Bertz CT molecular complexity index is 552. The summed E-state index contributed by atoms with van der Waals surface area (Å²) in [6.07, 6.45) is 6.25. The molecule has 102 valence electrons. The smallest absolute Gasteiger partial charge is 0.130 e. The van der Waals surface area contributed by atoms with E-state index in [-0.39, 0.29) is 6.04 Å². The molecule has 0 saturated carbocycles. The summed E-state index contributed by atoms with van der Waals surface area (Å²) in [5, 5.41) is 4.01. The topological polar surface area (TPSA) is 68.8 Å². The van der Waals surface area contributed by atoms with Gasteiger partial charge in [0.2, 0.25) is 0 Å². The molecule has 1 unspecified atom stereocenters. The van der Waals surface area contributed by atoms with E-state index in [9.17, 15) is 0 Å². The molecule has 1 atom stereocenters. The molecular formula is C13H18ClN5. The largest absolute Gasteiger partial charge is 0.383 e. The summed E-state index contributed by atoms with van der Waals surface area (Å²) in [7, 11) is 1.96. The monoisotopic (exact) mass is 279 g/mol. The molecule has 0 aliphatic carbocycles. The molecule has 0 aliphatic heterocycles. The van der Waals surface area contributed by atoms with E-state index in [1.165, 1.54) is 0 Å². The Morgan fingerprint density at radius 1 is 1.47 bits per heavy atom. The Morgan fingerprint density at radius 2 is 2.26 bits per heavy atom. The first-order valence-corrected chi connectivity index (χ1v) is 6.62. The lowest BCUT2D eigenvalue weighted by molar-refractivity contribution is 0.556. The third kappa shape index (κ3) is 3.05. The standard InChI is InChI=1S/C13H18ClN5/c1-3-4-16-11(13-17-5-6-19(13)2)10-7-9(14)8-18-12(10)15/h5-8,11,16H,3-4H2,1-2H3,(H2,15,18). The minimum absolute atomic E-state index is 0.105. The first-order chi connectivity index (χ1) is 9.13. The van der Waals surface area contributed by atoms with Crippen LogP contribution in [0.3, 0.4) is 0 Å². The van der Waals surface area contributed by atoms with Crippen molar-refractivity contribution in [2.24, 2.45) is 7.05 Å². The van der Waals surface area contributed by atoms with Crippen LogP contribution in [0, 0.1) is 0 Å². The van der Waals surface area contributed by atoms with Crippen molar-refractivity contribution in [3.63, 3.8) is 0 Å². The Labute approximate surface area is 117 Å². The summed E-state index contributed by atoms with van der Waals surface area (Å²) < 4.78 is 1.97. The Morgan fingerprint density at radius 3 is 2.89 bits per heavy atom. The van der Waals surface area contributed by atoms with Gasteiger partial charge in [-0.25, -0.2) is 9.97 Å². The van der Waals surface area contributed by atoms with Crippen LogP contribution in [0.1, 0.15) is 30.8 Å². The summed E-state index contributed by atoms with van der Waals surface area (Å²) in [5.41, 5.74) is 6.83. The van der Waals surface area contributed by atoms with Crippen molar-refractivity contribution in [3.8, 4) is 0 Å². The minimum atomic E-state index is -0.105. The quantitative estimate of drug-likeness (QED) is 0.880. The molecule has 0 aromatic carbocycles. The van der Waals surface area contributed by atoms with Gasteiger partial charge < -0.3 is 15.6 Å². The Hall–Kier alpha value is -1.59. The van der Waals surface area contributed by atoms with Gasteiger partial charge in [0.1, 0.15) is 11.6 Å². The van der Waals surface area contributed by atoms with Crippen LogP contribution in [0.15, 0.2) is 24.7 Å². The van der Waals surface area contributed by atoms with Crippen molar-refractivity contribution in [1.82, 2.24) is 19.9 Å². The van der Waals surface area contributed by atoms with Crippen molar-refractivity contribution in [3.05, 3.63) is 41.1 Å². The maximum Gasteiger partial charge on any atom is 0.130 e. The molecular weight excluding hydrogens is 262 g/mol. The molecule has 2 aromatic rings. The zero-order valence-electron chi connectivity index (χ0n) is 11.1. The number of hydrogen-bond donors (Lipinski definition) is 2. The summed E-state index contributed by atoms with van der Waals surface area (Å²) in [6, 6.07) is 1.73. The first kappa shape index (κ1) is 13.8. The number of hydrogen-bond acceptors (Lipinski definition) is 4. The highest BCUT2D eigenvalue weighted by Crippen LogP contribution is 2.26. The second-order valence-electron chi connectivity index (χ2n) is 4.41. The van der Waals surface area contributed by atoms with E-state index in [0.717, 1.165) is 24.4 Å². The van der Waals surface area contributed by atoms with Crippen LogP contribution < -0.4 is 11.1 Å². The highest BCUT2D eigenvalue weighted by Gasteiger charge is 2.20. The molecule has 0 amide bonds. The van der Waals surface area contributed by atoms with Crippen molar-refractivity contribution in [1.29, 1.82) is 0 Å². The van der Waals surface area contributed by atoms with Crippen molar-refractivity contribution < 1.29 is 0 Å². The summed E-state index contributed by atoms with van der Waals surface area (Å²) in [4.78, 5) is 8.51. The van der Waals surface area contributed by atoms with Crippen LogP contribution in [0.5, 0.6) is 0 Å². The van der Waals surface area contributed by atoms with Crippen LogP contribution in [-0.2, 0) is 7.05 Å². The lowest BCUT2D eigenvalue weighted by Gasteiger charge is -2.20. The number of nitrogens with two attached hydrogens (primary N) is 1. The van der Waals surface area contributed by atoms with Gasteiger partial charge in [0.05, 0.1) is 11.1 Å². The molecule has 2 rings (SSSR count). The van der Waals surface area contributed by atoms with E-state index in [4.69, 9.17) is 17.3 Å². The van der Waals surface area contributed by atoms with Gasteiger partial charge in [0, 0.05) is 31.2 Å². The van der Waals surface area contributed by atoms with E-state index in [2.05, 4.69) is 22.2 Å². The third-order valence-electron chi connectivity index (χ3n) is 2.94. The number of rotatable bonds is 5. The maximum absolute atomic E-state index is 6.02. The van der Waals surface area contributed by atoms with Gasteiger partial charge >= 0.3 is 0 Å². The van der Waals surface area contributed by atoms with E-state index < -0.39 is 0 Å². The van der Waals surface area contributed by atoms with Gasteiger partial charge in [-0.15, -0.1) is 0 Å². The predicted molar refractivity (Wildman–Crippen MR) is 77.0 cm³/mol. The second-order valence-corrected chi connectivity index (χ2v) is 4.85. The lowest BCUT2D eigenvalue weighted by atomic mass is 10.1. The van der Waals surface area contributed by atoms with Crippen LogP contribution in [0.4, 0.5) is 5.82 Å². The molecule has 3 N–H and O–H groups in total. The average Bonchev–Trinajstić information content (AvgIpc) is 2.80. The Kier molecular flexibility index (Phi) is 4.39. The van der Waals surface area contributed by atoms with E-state index in [1.54, 1.807) is 12.4 Å². The number of halogens is 1. The molecule has 2 heterocycles.